The average Bonchev–Trinajstić information content (AvgIpc) is 2.46. The summed E-state index contributed by atoms with van der Waals surface area (Å²) in [6.07, 6.45) is 5.38. The van der Waals surface area contributed by atoms with Gasteiger partial charge in [-0.1, -0.05) is 0 Å². The molecule has 2 heterocycles. The molecule has 0 bridgehead atoms. The molecule has 20 heavy (non-hydrogen) atoms. The second kappa shape index (κ2) is 6.10. The van der Waals surface area contributed by atoms with Crippen molar-refractivity contribution in [2.75, 3.05) is 18.5 Å². The van der Waals surface area contributed by atoms with Gasteiger partial charge in [-0.2, -0.15) is 0 Å². The van der Waals surface area contributed by atoms with Gasteiger partial charge in [0.2, 0.25) is 0 Å². The van der Waals surface area contributed by atoms with E-state index in [2.05, 4.69) is 9.97 Å². The Kier molecular flexibility index (Phi) is 4.24. The number of hydrogen-bond acceptors (Lipinski definition) is 4. The number of aromatic carboxylic acids is 1. The van der Waals surface area contributed by atoms with Crippen molar-refractivity contribution in [3.8, 4) is 0 Å². The van der Waals surface area contributed by atoms with Gasteiger partial charge in [0.1, 0.15) is 5.56 Å². The normalized spacial score (nSPS) is 10.3. The standard InChI is InChI=1S/C14H14FN3O2/c1-18(9-5-10-2-6-16-7-3-10)13-12(15)11(14(19)20)4-8-17-13/h2-4,6-8H,5,9H2,1H3,(H,19,20). The number of nitrogens with zero attached hydrogens (tertiary/aromatic N) is 3. The van der Waals surface area contributed by atoms with Gasteiger partial charge in [-0.25, -0.2) is 14.2 Å². The third-order valence-corrected chi connectivity index (χ3v) is 2.95. The molecule has 0 amide bonds. The highest BCUT2D eigenvalue weighted by molar-refractivity contribution is 5.88. The molecule has 0 atom stereocenters. The molecule has 2 aromatic rings. The van der Waals surface area contributed by atoms with Gasteiger partial charge in [-0.15, -0.1) is 0 Å². The molecule has 0 fully saturated rings. The summed E-state index contributed by atoms with van der Waals surface area (Å²) < 4.78 is 14.0. The fraction of sp³-hybridized carbons (Fsp3) is 0.214. The van der Waals surface area contributed by atoms with E-state index in [1.807, 2.05) is 12.1 Å². The SMILES string of the molecule is CN(CCc1ccncc1)c1nccc(C(=O)O)c1F. The zero-order valence-electron chi connectivity index (χ0n) is 11.0. The number of rotatable bonds is 5. The van der Waals surface area contributed by atoms with Crippen molar-refractivity contribution in [3.05, 3.63) is 53.7 Å². The van der Waals surface area contributed by atoms with Crippen LogP contribution in [0, 0.1) is 5.82 Å². The van der Waals surface area contributed by atoms with Crippen LogP contribution in [-0.2, 0) is 6.42 Å². The maximum atomic E-state index is 14.0. The van der Waals surface area contributed by atoms with Crippen LogP contribution in [0.2, 0.25) is 0 Å². The van der Waals surface area contributed by atoms with Gasteiger partial charge in [-0.3, -0.25) is 4.98 Å². The quantitative estimate of drug-likeness (QED) is 0.904. The predicted molar refractivity (Wildman–Crippen MR) is 72.4 cm³/mol. The van der Waals surface area contributed by atoms with Gasteiger partial charge in [-0.05, 0) is 30.2 Å². The van der Waals surface area contributed by atoms with Crippen LogP contribution in [0.1, 0.15) is 15.9 Å². The number of carboxylic acid groups (broad SMARTS) is 1. The summed E-state index contributed by atoms with van der Waals surface area (Å²) in [5, 5.41) is 8.89. The summed E-state index contributed by atoms with van der Waals surface area (Å²) in [5.41, 5.74) is 0.701. The van der Waals surface area contributed by atoms with Crippen LogP contribution in [0.5, 0.6) is 0 Å². The highest BCUT2D eigenvalue weighted by Crippen LogP contribution is 2.18. The van der Waals surface area contributed by atoms with E-state index in [4.69, 9.17) is 5.11 Å². The van der Waals surface area contributed by atoms with E-state index in [1.54, 1.807) is 24.3 Å². The molecule has 0 aromatic carbocycles. The molecule has 1 N–H and O–H groups in total. The first-order valence-electron chi connectivity index (χ1n) is 6.07. The monoisotopic (exact) mass is 275 g/mol. The Hall–Kier alpha value is -2.50. The van der Waals surface area contributed by atoms with Crippen LogP contribution < -0.4 is 4.90 Å². The van der Waals surface area contributed by atoms with Gasteiger partial charge in [0, 0.05) is 32.2 Å². The molecule has 6 heteroatoms. The van der Waals surface area contributed by atoms with Gasteiger partial charge in [0.05, 0.1) is 0 Å². The van der Waals surface area contributed by atoms with Crippen LogP contribution in [0.25, 0.3) is 0 Å². The third kappa shape index (κ3) is 3.09. The molecular weight excluding hydrogens is 261 g/mol. The fourth-order valence-corrected chi connectivity index (χ4v) is 1.82. The van der Waals surface area contributed by atoms with Crippen LogP contribution >= 0.6 is 0 Å². The number of halogens is 1. The lowest BCUT2D eigenvalue weighted by atomic mass is 10.2. The zero-order valence-corrected chi connectivity index (χ0v) is 11.0. The second-order valence-corrected chi connectivity index (χ2v) is 4.33. The fourth-order valence-electron chi connectivity index (χ4n) is 1.82. The molecule has 2 rings (SSSR count). The molecule has 0 saturated carbocycles. The van der Waals surface area contributed by atoms with Crippen molar-refractivity contribution in [1.82, 2.24) is 9.97 Å². The molecule has 0 saturated heterocycles. The second-order valence-electron chi connectivity index (χ2n) is 4.33. The third-order valence-electron chi connectivity index (χ3n) is 2.95. The van der Waals surface area contributed by atoms with E-state index in [0.717, 1.165) is 11.6 Å². The van der Waals surface area contributed by atoms with E-state index in [0.29, 0.717) is 13.0 Å². The van der Waals surface area contributed by atoms with Crippen molar-refractivity contribution in [1.29, 1.82) is 0 Å². The molecule has 0 radical (unpaired) electrons. The number of pyridine rings is 2. The number of aromatic nitrogens is 2. The molecule has 0 aliphatic rings. The van der Waals surface area contributed by atoms with E-state index in [-0.39, 0.29) is 11.4 Å². The minimum absolute atomic E-state index is 0.0407. The maximum absolute atomic E-state index is 14.0. The zero-order chi connectivity index (χ0) is 14.5. The summed E-state index contributed by atoms with van der Waals surface area (Å²) >= 11 is 0. The van der Waals surface area contributed by atoms with Crippen LogP contribution in [0.15, 0.2) is 36.8 Å². The van der Waals surface area contributed by atoms with Crippen molar-refractivity contribution in [2.45, 2.75) is 6.42 Å². The first kappa shape index (κ1) is 13.9. The van der Waals surface area contributed by atoms with E-state index in [9.17, 15) is 9.18 Å². The van der Waals surface area contributed by atoms with Crippen LogP contribution in [0.4, 0.5) is 10.2 Å². The summed E-state index contributed by atoms with van der Waals surface area (Å²) in [7, 11) is 1.68. The highest BCUT2D eigenvalue weighted by Gasteiger charge is 2.17. The van der Waals surface area contributed by atoms with Gasteiger partial charge in [0.25, 0.3) is 0 Å². The number of carboxylic acids is 1. The van der Waals surface area contributed by atoms with E-state index in [1.165, 1.54) is 6.20 Å². The largest absolute Gasteiger partial charge is 0.478 e. The van der Waals surface area contributed by atoms with Crippen molar-refractivity contribution >= 4 is 11.8 Å². The lowest BCUT2D eigenvalue weighted by Crippen LogP contribution is -2.23. The topological polar surface area (TPSA) is 66.3 Å². The summed E-state index contributed by atoms with van der Waals surface area (Å²) in [5.74, 6) is -2.06. The lowest BCUT2D eigenvalue weighted by Gasteiger charge is -2.19. The molecule has 0 spiro atoms. The molecule has 5 nitrogen and oxygen atoms in total. The predicted octanol–water partition coefficient (Wildman–Crippen LogP) is 1.99. The lowest BCUT2D eigenvalue weighted by molar-refractivity contribution is 0.0692. The Labute approximate surface area is 115 Å². The molecule has 0 aliphatic carbocycles. The smallest absolute Gasteiger partial charge is 0.338 e. The molecule has 0 unspecified atom stereocenters. The first-order chi connectivity index (χ1) is 9.59. The molecule has 2 aromatic heterocycles. The van der Waals surface area contributed by atoms with E-state index < -0.39 is 11.8 Å². The van der Waals surface area contributed by atoms with Crippen LogP contribution in [0.3, 0.4) is 0 Å². The van der Waals surface area contributed by atoms with Crippen LogP contribution in [-0.4, -0.2) is 34.6 Å². The highest BCUT2D eigenvalue weighted by atomic mass is 19.1. The van der Waals surface area contributed by atoms with Gasteiger partial charge >= 0.3 is 5.97 Å². The maximum Gasteiger partial charge on any atom is 0.338 e. The summed E-state index contributed by atoms with van der Waals surface area (Å²) in [4.78, 5) is 20.3. The first-order valence-corrected chi connectivity index (χ1v) is 6.07. The number of likely N-dealkylation sites (N-methyl/N-ethyl adjacent to an activating group) is 1. The minimum atomic E-state index is -1.30. The van der Waals surface area contributed by atoms with Crippen molar-refractivity contribution in [3.63, 3.8) is 0 Å². The molecule has 104 valence electrons. The molecule has 0 aliphatic heterocycles. The van der Waals surface area contributed by atoms with Gasteiger partial charge < -0.3 is 10.0 Å². The summed E-state index contributed by atoms with van der Waals surface area (Å²) in [6, 6.07) is 4.91. The number of anilines is 1. The number of hydrogen-bond donors (Lipinski definition) is 1. The molecular formula is C14H14FN3O2. The van der Waals surface area contributed by atoms with Gasteiger partial charge in [0.15, 0.2) is 11.6 Å². The Bertz CT molecular complexity index is 605. The van der Waals surface area contributed by atoms with E-state index >= 15 is 0 Å². The Balaban J connectivity index is 2.11. The Morgan fingerprint density at radius 2 is 2.00 bits per heavy atom. The summed E-state index contributed by atoms with van der Waals surface area (Å²) in [6.45, 7) is 0.525. The Morgan fingerprint density at radius 3 is 2.65 bits per heavy atom. The average molecular weight is 275 g/mol. The number of carbonyl (C=O) groups is 1. The minimum Gasteiger partial charge on any atom is -0.478 e. The van der Waals surface area contributed by atoms with Crippen molar-refractivity contribution < 1.29 is 14.3 Å². The van der Waals surface area contributed by atoms with Crippen molar-refractivity contribution in [2.24, 2.45) is 0 Å². The Morgan fingerprint density at radius 1 is 1.30 bits per heavy atom.